The average Bonchev–Trinajstić information content (AvgIpc) is 2.76. The number of carbonyl (C=O) groups is 1. The zero-order valence-electron chi connectivity index (χ0n) is 9.35. The molecule has 2 aromatic rings. The SMILES string of the molecule is O=C(O)Cn1nnc(Cc2c(Cl)ccc(Cl)c2Cl)n1. The van der Waals surface area contributed by atoms with Gasteiger partial charge in [-0.05, 0) is 22.9 Å². The molecule has 0 radical (unpaired) electrons. The van der Waals surface area contributed by atoms with Crippen LogP contribution in [0.3, 0.4) is 0 Å². The zero-order chi connectivity index (χ0) is 14.0. The molecule has 0 unspecified atom stereocenters. The van der Waals surface area contributed by atoms with Gasteiger partial charge in [-0.25, -0.2) is 0 Å². The number of carboxylic acids is 1. The Bertz CT molecular complexity index is 629. The molecule has 0 atom stereocenters. The van der Waals surface area contributed by atoms with Crippen LogP contribution in [0.4, 0.5) is 0 Å². The third kappa shape index (κ3) is 3.34. The molecule has 2 rings (SSSR count). The highest BCUT2D eigenvalue weighted by Gasteiger charge is 2.14. The molecule has 9 heteroatoms. The van der Waals surface area contributed by atoms with Crippen molar-refractivity contribution in [3.63, 3.8) is 0 Å². The van der Waals surface area contributed by atoms with Crippen molar-refractivity contribution in [3.8, 4) is 0 Å². The minimum Gasteiger partial charge on any atom is -0.480 e. The van der Waals surface area contributed by atoms with Crippen molar-refractivity contribution >= 4 is 40.8 Å². The van der Waals surface area contributed by atoms with Crippen LogP contribution in [0.5, 0.6) is 0 Å². The summed E-state index contributed by atoms with van der Waals surface area (Å²) in [6.45, 7) is -0.357. The first-order valence-corrected chi connectivity index (χ1v) is 6.21. The molecule has 0 fully saturated rings. The second kappa shape index (κ2) is 5.73. The van der Waals surface area contributed by atoms with Crippen molar-refractivity contribution in [1.29, 1.82) is 0 Å². The van der Waals surface area contributed by atoms with Gasteiger partial charge < -0.3 is 5.11 Å². The fourth-order valence-electron chi connectivity index (χ4n) is 1.42. The zero-order valence-corrected chi connectivity index (χ0v) is 11.6. The Hall–Kier alpha value is -1.37. The highest BCUT2D eigenvalue weighted by atomic mass is 35.5. The maximum absolute atomic E-state index is 10.5. The van der Waals surface area contributed by atoms with Crippen molar-refractivity contribution in [2.45, 2.75) is 13.0 Å². The van der Waals surface area contributed by atoms with Gasteiger partial charge in [-0.1, -0.05) is 34.8 Å². The van der Waals surface area contributed by atoms with Gasteiger partial charge in [-0.2, -0.15) is 4.80 Å². The number of aliphatic carboxylic acids is 1. The quantitative estimate of drug-likeness (QED) is 0.874. The van der Waals surface area contributed by atoms with Crippen LogP contribution in [0, 0.1) is 0 Å². The Morgan fingerprint density at radius 2 is 1.95 bits per heavy atom. The topological polar surface area (TPSA) is 80.9 Å². The molecule has 1 aromatic heterocycles. The maximum Gasteiger partial charge on any atom is 0.327 e. The lowest BCUT2D eigenvalue weighted by Gasteiger charge is -2.05. The molecule has 0 spiro atoms. The number of hydrogen-bond acceptors (Lipinski definition) is 4. The van der Waals surface area contributed by atoms with Crippen LogP contribution in [0.1, 0.15) is 11.4 Å². The number of halogens is 3. The van der Waals surface area contributed by atoms with E-state index in [0.29, 0.717) is 26.5 Å². The number of aromatic nitrogens is 4. The lowest BCUT2D eigenvalue weighted by atomic mass is 10.1. The molecule has 0 saturated carbocycles. The van der Waals surface area contributed by atoms with E-state index in [4.69, 9.17) is 39.9 Å². The highest BCUT2D eigenvalue weighted by Crippen LogP contribution is 2.32. The Morgan fingerprint density at radius 3 is 2.63 bits per heavy atom. The van der Waals surface area contributed by atoms with E-state index < -0.39 is 5.97 Å². The summed E-state index contributed by atoms with van der Waals surface area (Å²) in [5.74, 6) is -0.741. The third-order valence-corrected chi connectivity index (χ3v) is 3.44. The lowest BCUT2D eigenvalue weighted by Crippen LogP contribution is -2.11. The largest absolute Gasteiger partial charge is 0.480 e. The van der Waals surface area contributed by atoms with Gasteiger partial charge in [0.15, 0.2) is 12.4 Å². The Balaban J connectivity index is 2.24. The van der Waals surface area contributed by atoms with Crippen molar-refractivity contribution in [3.05, 3.63) is 38.6 Å². The van der Waals surface area contributed by atoms with E-state index in [0.717, 1.165) is 4.80 Å². The molecule has 19 heavy (non-hydrogen) atoms. The van der Waals surface area contributed by atoms with E-state index in [1.54, 1.807) is 12.1 Å². The number of hydrogen-bond donors (Lipinski definition) is 1. The predicted octanol–water partition coefficient (Wildman–Crippen LogP) is 2.31. The van der Waals surface area contributed by atoms with E-state index in [2.05, 4.69) is 15.4 Å². The minimum absolute atomic E-state index is 0.220. The normalized spacial score (nSPS) is 10.7. The predicted molar refractivity (Wildman–Crippen MR) is 69.7 cm³/mol. The molecule has 0 aliphatic carbocycles. The van der Waals surface area contributed by atoms with Crippen LogP contribution in [-0.4, -0.2) is 31.3 Å². The van der Waals surface area contributed by atoms with Gasteiger partial charge in [0.25, 0.3) is 0 Å². The smallest absolute Gasteiger partial charge is 0.327 e. The van der Waals surface area contributed by atoms with E-state index in [1.807, 2.05) is 0 Å². The maximum atomic E-state index is 10.5. The number of tetrazole rings is 1. The molecular weight excluding hydrogens is 314 g/mol. The average molecular weight is 322 g/mol. The van der Waals surface area contributed by atoms with E-state index in [1.165, 1.54) is 0 Å². The highest BCUT2D eigenvalue weighted by molar-refractivity contribution is 6.44. The van der Waals surface area contributed by atoms with E-state index in [9.17, 15) is 4.79 Å². The van der Waals surface area contributed by atoms with E-state index in [-0.39, 0.29) is 13.0 Å². The van der Waals surface area contributed by atoms with Crippen molar-refractivity contribution in [1.82, 2.24) is 20.2 Å². The van der Waals surface area contributed by atoms with Gasteiger partial charge in [0.1, 0.15) is 0 Å². The first kappa shape index (κ1) is 14.0. The summed E-state index contributed by atoms with van der Waals surface area (Å²) in [7, 11) is 0. The fourth-order valence-corrected chi connectivity index (χ4v) is 2.11. The summed E-state index contributed by atoms with van der Waals surface area (Å²) in [5.41, 5.74) is 0.575. The summed E-state index contributed by atoms with van der Waals surface area (Å²) in [4.78, 5) is 11.5. The standard InChI is InChI=1S/C10H7Cl3N4O2/c11-6-1-2-7(12)10(13)5(6)3-8-14-16-17(15-8)4-9(18)19/h1-2H,3-4H2,(H,18,19). The molecule has 1 N–H and O–H groups in total. The van der Waals surface area contributed by atoms with Crippen LogP contribution in [0.25, 0.3) is 0 Å². The molecule has 0 aliphatic heterocycles. The van der Waals surface area contributed by atoms with Crippen molar-refractivity contribution in [2.24, 2.45) is 0 Å². The molecular formula is C10H7Cl3N4O2. The Kier molecular flexibility index (Phi) is 4.24. The van der Waals surface area contributed by atoms with Crippen LogP contribution < -0.4 is 0 Å². The number of nitrogens with zero attached hydrogens (tertiary/aromatic N) is 4. The van der Waals surface area contributed by atoms with Gasteiger partial charge in [-0.3, -0.25) is 4.79 Å². The van der Waals surface area contributed by atoms with Crippen LogP contribution in [-0.2, 0) is 17.8 Å². The second-order valence-electron chi connectivity index (χ2n) is 3.63. The Morgan fingerprint density at radius 1 is 1.26 bits per heavy atom. The summed E-state index contributed by atoms with van der Waals surface area (Å²) < 4.78 is 0. The molecule has 0 bridgehead atoms. The van der Waals surface area contributed by atoms with Crippen molar-refractivity contribution < 1.29 is 9.90 Å². The molecule has 100 valence electrons. The van der Waals surface area contributed by atoms with Gasteiger partial charge in [0.2, 0.25) is 0 Å². The first-order valence-electron chi connectivity index (χ1n) is 5.08. The monoisotopic (exact) mass is 320 g/mol. The summed E-state index contributed by atoms with van der Waals surface area (Å²) in [6.07, 6.45) is 0.220. The van der Waals surface area contributed by atoms with Crippen LogP contribution >= 0.6 is 34.8 Å². The second-order valence-corrected chi connectivity index (χ2v) is 4.82. The van der Waals surface area contributed by atoms with Crippen LogP contribution in [0.15, 0.2) is 12.1 Å². The van der Waals surface area contributed by atoms with E-state index >= 15 is 0 Å². The minimum atomic E-state index is -1.05. The molecule has 0 saturated heterocycles. The molecule has 0 aliphatic rings. The number of benzene rings is 1. The van der Waals surface area contributed by atoms with Gasteiger partial charge in [0.05, 0.1) is 10.0 Å². The molecule has 1 heterocycles. The third-order valence-electron chi connectivity index (χ3n) is 2.24. The molecule has 1 aromatic carbocycles. The molecule has 6 nitrogen and oxygen atoms in total. The number of rotatable bonds is 4. The van der Waals surface area contributed by atoms with Gasteiger partial charge in [-0.15, -0.1) is 10.2 Å². The molecule has 0 amide bonds. The lowest BCUT2D eigenvalue weighted by molar-refractivity contribution is -0.138. The van der Waals surface area contributed by atoms with Gasteiger partial charge in [0, 0.05) is 11.4 Å². The number of carboxylic acid groups (broad SMARTS) is 1. The van der Waals surface area contributed by atoms with Crippen molar-refractivity contribution in [2.75, 3.05) is 0 Å². The first-order chi connectivity index (χ1) is 8.97. The van der Waals surface area contributed by atoms with Gasteiger partial charge >= 0.3 is 5.97 Å². The summed E-state index contributed by atoms with van der Waals surface area (Å²) in [6, 6.07) is 3.21. The fraction of sp³-hybridized carbons (Fsp3) is 0.200. The Labute approximate surface area is 122 Å². The van der Waals surface area contributed by atoms with Crippen LogP contribution in [0.2, 0.25) is 15.1 Å². The summed E-state index contributed by atoms with van der Waals surface area (Å²) in [5, 5.41) is 21.0. The summed E-state index contributed by atoms with van der Waals surface area (Å²) >= 11 is 18.0.